The van der Waals surface area contributed by atoms with Crippen molar-refractivity contribution < 1.29 is 0 Å². The highest BCUT2D eigenvalue weighted by molar-refractivity contribution is 5.92. The van der Waals surface area contributed by atoms with Gasteiger partial charge in [-0.1, -0.05) is 24.3 Å². The Morgan fingerprint density at radius 2 is 1.70 bits per heavy atom. The summed E-state index contributed by atoms with van der Waals surface area (Å²) in [5.74, 6) is 1.03. The lowest BCUT2D eigenvalue weighted by molar-refractivity contribution is 0.632. The second kappa shape index (κ2) is 3.85. The van der Waals surface area contributed by atoms with E-state index in [1.807, 2.05) is 6.07 Å². The number of aromatic nitrogens is 3. The number of nitrogens with zero attached hydrogens (tertiary/aromatic N) is 3. The van der Waals surface area contributed by atoms with Crippen molar-refractivity contribution in [2.75, 3.05) is 0 Å². The third-order valence-electron chi connectivity index (χ3n) is 3.97. The van der Waals surface area contributed by atoms with Crippen LogP contribution in [0.5, 0.6) is 0 Å². The Bertz CT molecular complexity index is 941. The molecular weight excluding hydrogens is 246 g/mol. The maximum absolute atomic E-state index is 4.84. The summed E-state index contributed by atoms with van der Waals surface area (Å²) in [6, 6.07) is 15.2. The van der Waals surface area contributed by atoms with Gasteiger partial charge >= 0.3 is 0 Å². The molecule has 0 aliphatic heterocycles. The van der Waals surface area contributed by atoms with Gasteiger partial charge in [0.1, 0.15) is 0 Å². The molecule has 3 heteroatoms. The van der Waals surface area contributed by atoms with Gasteiger partial charge in [-0.25, -0.2) is 4.98 Å². The molecule has 4 aromatic rings. The number of rotatable bonds is 1. The van der Waals surface area contributed by atoms with Crippen molar-refractivity contribution in [1.82, 2.24) is 14.0 Å². The highest BCUT2D eigenvalue weighted by atomic mass is 15.2. The molecule has 3 nitrogen and oxygen atoms in total. The van der Waals surface area contributed by atoms with Crippen LogP contribution in [0.15, 0.2) is 42.5 Å². The summed E-state index contributed by atoms with van der Waals surface area (Å²) in [5, 5.41) is 0. The second-order valence-electron chi connectivity index (χ2n) is 5.64. The monoisotopic (exact) mass is 263 g/mol. The molecule has 20 heavy (non-hydrogen) atoms. The number of benzene rings is 2. The van der Waals surface area contributed by atoms with E-state index >= 15 is 0 Å². The number of hydrogen-bond donors (Lipinski definition) is 0. The topological polar surface area (TPSA) is 22.2 Å². The first-order valence-corrected chi connectivity index (χ1v) is 7.05. The van der Waals surface area contributed by atoms with Crippen molar-refractivity contribution in [2.24, 2.45) is 0 Å². The summed E-state index contributed by atoms with van der Waals surface area (Å²) in [7, 11) is 0. The minimum absolute atomic E-state index is 0.382. The fraction of sp³-hybridized carbons (Fsp3) is 0.235. The molecule has 4 rings (SSSR count). The summed E-state index contributed by atoms with van der Waals surface area (Å²) in [6.45, 7) is 6.60. The predicted molar refractivity (Wildman–Crippen MR) is 83.3 cm³/mol. The molecule has 2 heterocycles. The molecule has 0 unspecified atom stereocenters. The van der Waals surface area contributed by atoms with Crippen LogP contribution in [0.25, 0.3) is 27.8 Å². The summed E-state index contributed by atoms with van der Waals surface area (Å²) in [6.07, 6.45) is 0. The summed E-state index contributed by atoms with van der Waals surface area (Å²) in [5.41, 5.74) is 6.06. The van der Waals surface area contributed by atoms with Gasteiger partial charge in [0.25, 0.3) is 0 Å². The van der Waals surface area contributed by atoms with Crippen LogP contribution in [-0.4, -0.2) is 14.0 Å². The third-order valence-corrected chi connectivity index (χ3v) is 3.97. The minimum atomic E-state index is 0.382. The number of hydrogen-bond acceptors (Lipinski definition) is 1. The lowest BCUT2D eigenvalue weighted by atomic mass is 10.2. The largest absolute Gasteiger partial charge is 0.307 e. The Labute approximate surface area is 117 Å². The van der Waals surface area contributed by atoms with E-state index in [0.29, 0.717) is 6.04 Å². The molecule has 0 bridgehead atoms. The van der Waals surface area contributed by atoms with Crippen LogP contribution in [-0.2, 0) is 0 Å². The van der Waals surface area contributed by atoms with Gasteiger partial charge in [0.2, 0.25) is 5.78 Å². The first-order chi connectivity index (χ1) is 9.68. The molecule has 0 spiro atoms. The minimum Gasteiger partial charge on any atom is -0.307 e. The zero-order chi connectivity index (χ0) is 13.9. The van der Waals surface area contributed by atoms with E-state index in [9.17, 15) is 0 Å². The van der Waals surface area contributed by atoms with Crippen LogP contribution in [0.2, 0.25) is 0 Å². The van der Waals surface area contributed by atoms with Crippen LogP contribution >= 0.6 is 0 Å². The fourth-order valence-electron chi connectivity index (χ4n) is 3.14. The molecule has 0 saturated carbocycles. The lowest BCUT2D eigenvalue weighted by Gasteiger charge is -2.10. The molecule has 2 aromatic heterocycles. The van der Waals surface area contributed by atoms with E-state index in [-0.39, 0.29) is 0 Å². The molecule has 100 valence electrons. The van der Waals surface area contributed by atoms with E-state index in [0.717, 1.165) is 11.3 Å². The molecule has 2 aromatic carbocycles. The standard InChI is InChI=1S/C17H17N3/c1-11(2)19-16-12(3)7-6-10-15(16)20-14-9-5-4-8-13(14)18-17(19)20/h4-11H,1-3H3. The van der Waals surface area contributed by atoms with Crippen molar-refractivity contribution >= 4 is 27.8 Å². The lowest BCUT2D eigenvalue weighted by Crippen LogP contribution is -2.01. The third kappa shape index (κ3) is 1.32. The average Bonchev–Trinajstić information content (AvgIpc) is 2.93. The molecule has 0 saturated heterocycles. The van der Waals surface area contributed by atoms with Crippen LogP contribution in [0, 0.1) is 6.92 Å². The quantitative estimate of drug-likeness (QED) is 0.501. The normalized spacial score (nSPS) is 12.2. The van der Waals surface area contributed by atoms with Crippen molar-refractivity contribution in [2.45, 2.75) is 26.8 Å². The Kier molecular flexibility index (Phi) is 2.22. The van der Waals surface area contributed by atoms with Crippen molar-refractivity contribution in [3.05, 3.63) is 48.0 Å². The molecule has 0 N–H and O–H groups in total. The van der Waals surface area contributed by atoms with Gasteiger partial charge < -0.3 is 4.57 Å². The Morgan fingerprint density at radius 1 is 0.950 bits per heavy atom. The molecule has 0 aliphatic rings. The first-order valence-electron chi connectivity index (χ1n) is 7.05. The number of fused-ring (bicyclic) bond motifs is 5. The van der Waals surface area contributed by atoms with Gasteiger partial charge in [-0.15, -0.1) is 0 Å². The summed E-state index contributed by atoms with van der Waals surface area (Å²) < 4.78 is 4.61. The van der Waals surface area contributed by atoms with E-state index in [1.165, 1.54) is 22.1 Å². The second-order valence-corrected chi connectivity index (χ2v) is 5.64. The van der Waals surface area contributed by atoms with Crippen LogP contribution in [0.4, 0.5) is 0 Å². The van der Waals surface area contributed by atoms with E-state index in [2.05, 4.69) is 66.1 Å². The zero-order valence-corrected chi connectivity index (χ0v) is 12.0. The van der Waals surface area contributed by atoms with E-state index in [1.54, 1.807) is 0 Å². The van der Waals surface area contributed by atoms with Crippen molar-refractivity contribution in [1.29, 1.82) is 0 Å². The zero-order valence-electron chi connectivity index (χ0n) is 12.0. The number of para-hydroxylation sites is 3. The Hall–Kier alpha value is -2.29. The molecule has 0 atom stereocenters. The molecule has 0 fully saturated rings. The van der Waals surface area contributed by atoms with Gasteiger partial charge in [0, 0.05) is 6.04 Å². The fourth-order valence-corrected chi connectivity index (χ4v) is 3.14. The number of imidazole rings is 2. The summed E-state index contributed by atoms with van der Waals surface area (Å²) >= 11 is 0. The van der Waals surface area contributed by atoms with Gasteiger partial charge in [-0.05, 0) is 44.5 Å². The molecular formula is C17H17N3. The number of aryl methyl sites for hydroxylation is 1. The maximum atomic E-state index is 4.84. The van der Waals surface area contributed by atoms with Gasteiger partial charge in [-0.2, -0.15) is 0 Å². The Balaban J connectivity index is 2.36. The van der Waals surface area contributed by atoms with Gasteiger partial charge in [0.05, 0.1) is 22.1 Å². The molecule has 0 radical (unpaired) electrons. The Morgan fingerprint density at radius 3 is 2.50 bits per heavy atom. The SMILES string of the molecule is Cc1cccc2c1n(C(C)C)c1nc3ccccc3n21. The van der Waals surface area contributed by atoms with Gasteiger partial charge in [0.15, 0.2) is 0 Å². The highest BCUT2D eigenvalue weighted by Crippen LogP contribution is 2.30. The first kappa shape index (κ1) is 11.5. The van der Waals surface area contributed by atoms with Gasteiger partial charge in [-0.3, -0.25) is 4.40 Å². The maximum Gasteiger partial charge on any atom is 0.216 e. The van der Waals surface area contributed by atoms with E-state index < -0.39 is 0 Å². The smallest absolute Gasteiger partial charge is 0.216 e. The predicted octanol–water partition coefficient (Wildman–Crippen LogP) is 4.33. The van der Waals surface area contributed by atoms with Crippen molar-refractivity contribution in [3.63, 3.8) is 0 Å². The van der Waals surface area contributed by atoms with Crippen molar-refractivity contribution in [3.8, 4) is 0 Å². The summed E-state index contributed by atoms with van der Waals surface area (Å²) in [4.78, 5) is 4.84. The van der Waals surface area contributed by atoms with Crippen LogP contribution < -0.4 is 0 Å². The van der Waals surface area contributed by atoms with Crippen LogP contribution in [0.1, 0.15) is 25.5 Å². The highest BCUT2D eigenvalue weighted by Gasteiger charge is 2.18. The molecule has 0 amide bonds. The van der Waals surface area contributed by atoms with E-state index in [4.69, 9.17) is 4.98 Å². The van der Waals surface area contributed by atoms with Crippen LogP contribution in [0.3, 0.4) is 0 Å². The average molecular weight is 263 g/mol. The molecule has 0 aliphatic carbocycles.